The first-order valence-electron chi connectivity index (χ1n) is 5.97. The zero-order valence-corrected chi connectivity index (χ0v) is 11.3. The molecule has 108 valence electrons. The molecule has 0 aliphatic heterocycles. The highest BCUT2D eigenvalue weighted by Crippen LogP contribution is 2.34. The number of fused-ring (bicyclic) bond motifs is 1. The summed E-state index contributed by atoms with van der Waals surface area (Å²) in [6.07, 6.45) is -4.43. The predicted octanol–water partition coefficient (Wildman–Crippen LogP) is 4.48. The number of nitrogens with zero attached hydrogens (tertiary/aromatic N) is 1. The minimum absolute atomic E-state index is 0.00000331. The van der Waals surface area contributed by atoms with Crippen LogP contribution in [0.4, 0.5) is 18.9 Å². The Kier molecular flexibility index (Phi) is 3.06. The molecule has 7 heteroatoms. The van der Waals surface area contributed by atoms with Gasteiger partial charge in [0.15, 0.2) is 0 Å². The smallest absolute Gasteiger partial charge is 0.398 e. The van der Waals surface area contributed by atoms with Gasteiger partial charge in [-0.05, 0) is 30.3 Å². The molecule has 0 saturated heterocycles. The third-order valence-corrected chi connectivity index (χ3v) is 3.40. The molecule has 0 bridgehead atoms. The average molecular weight is 312 g/mol. The van der Waals surface area contributed by atoms with Gasteiger partial charge in [-0.3, -0.25) is 0 Å². The van der Waals surface area contributed by atoms with Crippen molar-refractivity contribution in [2.45, 2.75) is 6.18 Å². The summed E-state index contributed by atoms with van der Waals surface area (Å²) in [6, 6.07) is 8.37. The zero-order chi connectivity index (χ0) is 15.2. The van der Waals surface area contributed by atoms with Gasteiger partial charge in [0.25, 0.3) is 0 Å². The van der Waals surface area contributed by atoms with Crippen LogP contribution in [0.3, 0.4) is 0 Å². The van der Waals surface area contributed by atoms with E-state index in [0.717, 1.165) is 12.1 Å². The number of nitrogen functional groups attached to an aromatic ring is 1. The molecule has 1 aromatic heterocycles. The number of halogens is 4. The minimum Gasteiger partial charge on any atom is -0.398 e. The van der Waals surface area contributed by atoms with Crippen molar-refractivity contribution in [3.8, 4) is 11.4 Å². The van der Waals surface area contributed by atoms with E-state index in [1.54, 1.807) is 18.2 Å². The molecule has 0 unspecified atom stereocenters. The third-order valence-electron chi connectivity index (χ3n) is 3.10. The van der Waals surface area contributed by atoms with E-state index >= 15 is 0 Å². The molecule has 0 aliphatic carbocycles. The highest BCUT2D eigenvalue weighted by Gasteiger charge is 2.31. The van der Waals surface area contributed by atoms with E-state index in [1.165, 1.54) is 6.07 Å². The molecule has 3 N–H and O–H groups in total. The van der Waals surface area contributed by atoms with Gasteiger partial charge >= 0.3 is 6.18 Å². The number of H-pyrrole nitrogens is 1. The molecule has 0 radical (unpaired) electrons. The number of anilines is 1. The van der Waals surface area contributed by atoms with E-state index in [2.05, 4.69) is 9.97 Å². The molecule has 0 saturated carbocycles. The fraction of sp³-hybridized carbons (Fsp3) is 0.0714. The number of alkyl halides is 3. The molecular weight excluding hydrogens is 303 g/mol. The van der Waals surface area contributed by atoms with Crippen LogP contribution in [0.1, 0.15) is 5.56 Å². The van der Waals surface area contributed by atoms with Gasteiger partial charge in [-0.25, -0.2) is 4.98 Å². The second kappa shape index (κ2) is 4.66. The number of benzene rings is 2. The number of imidazole rings is 1. The standard InChI is InChI=1S/C14H9ClF3N3/c15-9-2-1-3-11-12(9)21-13(20-11)8-5-4-7(6-10(8)19)14(16,17)18/h1-6H,19H2,(H,20,21). The van der Waals surface area contributed by atoms with Gasteiger partial charge in [0.1, 0.15) is 11.3 Å². The summed E-state index contributed by atoms with van der Waals surface area (Å²) in [7, 11) is 0. The number of para-hydroxylation sites is 1. The molecule has 0 fully saturated rings. The number of aromatic nitrogens is 2. The molecule has 3 rings (SSSR count). The van der Waals surface area contributed by atoms with Crippen LogP contribution < -0.4 is 5.73 Å². The second-order valence-electron chi connectivity index (χ2n) is 4.52. The molecular formula is C14H9ClF3N3. The third kappa shape index (κ3) is 2.42. The summed E-state index contributed by atoms with van der Waals surface area (Å²) in [5, 5.41) is 0.459. The van der Waals surface area contributed by atoms with E-state index in [4.69, 9.17) is 17.3 Å². The lowest BCUT2D eigenvalue weighted by molar-refractivity contribution is -0.137. The SMILES string of the molecule is Nc1cc(C(F)(F)F)ccc1-c1nc2c(Cl)cccc2[nH]1. The summed E-state index contributed by atoms with van der Waals surface area (Å²) < 4.78 is 37.9. The van der Waals surface area contributed by atoms with Crippen molar-refractivity contribution in [1.29, 1.82) is 0 Å². The fourth-order valence-corrected chi connectivity index (χ4v) is 2.30. The van der Waals surface area contributed by atoms with Gasteiger partial charge in [-0.1, -0.05) is 17.7 Å². The van der Waals surface area contributed by atoms with Crippen LogP contribution in [-0.2, 0) is 6.18 Å². The highest BCUT2D eigenvalue weighted by molar-refractivity contribution is 6.35. The van der Waals surface area contributed by atoms with Gasteiger partial charge in [0.05, 0.1) is 16.1 Å². The first kappa shape index (κ1) is 13.8. The van der Waals surface area contributed by atoms with Gasteiger partial charge in [-0.2, -0.15) is 13.2 Å². The Morgan fingerprint density at radius 1 is 1.14 bits per heavy atom. The molecule has 0 amide bonds. The number of hydrogen-bond acceptors (Lipinski definition) is 2. The Morgan fingerprint density at radius 2 is 1.90 bits per heavy atom. The topological polar surface area (TPSA) is 54.7 Å². The maximum atomic E-state index is 12.6. The van der Waals surface area contributed by atoms with E-state index in [-0.39, 0.29) is 5.69 Å². The number of nitrogens with one attached hydrogen (secondary N) is 1. The summed E-state index contributed by atoms with van der Waals surface area (Å²) in [4.78, 5) is 7.28. The molecule has 2 aromatic carbocycles. The van der Waals surface area contributed by atoms with Crippen molar-refractivity contribution in [3.63, 3.8) is 0 Å². The molecule has 0 aliphatic rings. The van der Waals surface area contributed by atoms with Gasteiger partial charge in [0.2, 0.25) is 0 Å². The Morgan fingerprint density at radius 3 is 2.52 bits per heavy atom. The van der Waals surface area contributed by atoms with E-state index in [9.17, 15) is 13.2 Å². The van der Waals surface area contributed by atoms with Crippen LogP contribution >= 0.6 is 11.6 Å². The van der Waals surface area contributed by atoms with Gasteiger partial charge in [0, 0.05) is 11.3 Å². The van der Waals surface area contributed by atoms with Crippen LogP contribution in [0.2, 0.25) is 5.02 Å². The molecule has 0 spiro atoms. The number of rotatable bonds is 1. The van der Waals surface area contributed by atoms with Crippen LogP contribution in [0.25, 0.3) is 22.4 Å². The number of hydrogen-bond donors (Lipinski definition) is 2. The van der Waals surface area contributed by atoms with Crippen LogP contribution in [0, 0.1) is 0 Å². The molecule has 1 heterocycles. The first-order chi connectivity index (χ1) is 9.86. The van der Waals surface area contributed by atoms with Crippen LogP contribution in [0.5, 0.6) is 0 Å². The molecule has 0 atom stereocenters. The monoisotopic (exact) mass is 311 g/mol. The maximum Gasteiger partial charge on any atom is 0.416 e. The Balaban J connectivity index is 2.13. The van der Waals surface area contributed by atoms with Crippen molar-refractivity contribution in [2.75, 3.05) is 5.73 Å². The normalized spacial score (nSPS) is 12.0. The van der Waals surface area contributed by atoms with Crippen molar-refractivity contribution in [1.82, 2.24) is 9.97 Å². The van der Waals surface area contributed by atoms with Crippen LogP contribution in [0.15, 0.2) is 36.4 Å². The largest absolute Gasteiger partial charge is 0.416 e. The average Bonchev–Trinajstić information content (AvgIpc) is 2.82. The Bertz CT molecular complexity index is 824. The lowest BCUT2D eigenvalue weighted by atomic mass is 10.1. The summed E-state index contributed by atoms with van der Waals surface area (Å²) in [6.45, 7) is 0. The van der Waals surface area contributed by atoms with Gasteiger partial charge < -0.3 is 10.7 Å². The second-order valence-corrected chi connectivity index (χ2v) is 4.93. The van der Waals surface area contributed by atoms with Gasteiger partial charge in [-0.15, -0.1) is 0 Å². The molecule has 3 aromatic rings. The van der Waals surface area contributed by atoms with Crippen molar-refractivity contribution in [3.05, 3.63) is 47.0 Å². The van der Waals surface area contributed by atoms with E-state index < -0.39 is 11.7 Å². The van der Waals surface area contributed by atoms with Crippen molar-refractivity contribution < 1.29 is 13.2 Å². The maximum absolute atomic E-state index is 12.6. The number of nitrogens with two attached hydrogens (primary N) is 1. The fourth-order valence-electron chi connectivity index (χ4n) is 2.08. The lowest BCUT2D eigenvalue weighted by Crippen LogP contribution is -2.06. The zero-order valence-electron chi connectivity index (χ0n) is 10.5. The van der Waals surface area contributed by atoms with Crippen molar-refractivity contribution in [2.24, 2.45) is 0 Å². The lowest BCUT2D eigenvalue weighted by Gasteiger charge is -2.09. The minimum atomic E-state index is -4.43. The highest BCUT2D eigenvalue weighted by atomic mass is 35.5. The van der Waals surface area contributed by atoms with E-state index in [1.807, 2.05) is 0 Å². The molecule has 3 nitrogen and oxygen atoms in total. The summed E-state index contributed by atoms with van der Waals surface area (Å²) >= 11 is 6.02. The summed E-state index contributed by atoms with van der Waals surface area (Å²) in [5.41, 5.74) is 6.56. The quantitative estimate of drug-likeness (QED) is 0.651. The van der Waals surface area contributed by atoms with Crippen molar-refractivity contribution >= 4 is 28.3 Å². The van der Waals surface area contributed by atoms with E-state index in [0.29, 0.717) is 27.4 Å². The predicted molar refractivity (Wildman–Crippen MR) is 76.0 cm³/mol. The number of aromatic amines is 1. The molecule has 21 heavy (non-hydrogen) atoms. The van der Waals surface area contributed by atoms with Crippen LogP contribution in [-0.4, -0.2) is 9.97 Å². The Hall–Kier alpha value is -2.21. The Labute approximate surface area is 122 Å². The summed E-state index contributed by atoms with van der Waals surface area (Å²) in [5.74, 6) is 0.379. The first-order valence-corrected chi connectivity index (χ1v) is 6.35.